The molecule has 0 spiro atoms. The van der Waals surface area contributed by atoms with Crippen LogP contribution in [0.1, 0.15) is 43.8 Å². The van der Waals surface area contributed by atoms with Crippen LogP contribution in [0.2, 0.25) is 0 Å². The third kappa shape index (κ3) is 4.24. The van der Waals surface area contributed by atoms with Gasteiger partial charge in [0.05, 0.1) is 20.1 Å². The monoisotopic (exact) mass is 447 g/mol. The molecule has 31 heavy (non-hydrogen) atoms. The maximum Gasteiger partial charge on any atom is 0.265 e. The number of nitrogens with one attached hydrogen (secondary N) is 1. The summed E-state index contributed by atoms with van der Waals surface area (Å²) in [6, 6.07) is 19.0. The van der Waals surface area contributed by atoms with Crippen LogP contribution in [0.25, 0.3) is 10.2 Å². The lowest BCUT2D eigenvalue weighted by Crippen LogP contribution is -2.39. The van der Waals surface area contributed by atoms with Gasteiger partial charge >= 0.3 is 0 Å². The van der Waals surface area contributed by atoms with Crippen LogP contribution < -0.4 is 5.32 Å². The van der Waals surface area contributed by atoms with E-state index in [1.807, 2.05) is 34.5 Å². The van der Waals surface area contributed by atoms with E-state index in [0.717, 1.165) is 29.9 Å². The topological polar surface area (TPSA) is 62.3 Å². The molecular weight excluding hydrogens is 426 g/mol. The van der Waals surface area contributed by atoms with E-state index in [4.69, 9.17) is 4.98 Å². The summed E-state index contributed by atoms with van der Waals surface area (Å²) in [6.45, 7) is 1.45. The maximum atomic E-state index is 13.1. The summed E-state index contributed by atoms with van der Waals surface area (Å²) >= 11 is 3.13. The number of benzene rings is 2. The van der Waals surface area contributed by atoms with Gasteiger partial charge in [-0.25, -0.2) is 4.98 Å². The highest BCUT2D eigenvalue weighted by Gasteiger charge is 2.27. The Labute approximate surface area is 188 Å². The zero-order valence-corrected chi connectivity index (χ0v) is 18.4. The molecule has 4 aromatic rings. The predicted molar refractivity (Wildman–Crippen MR) is 126 cm³/mol. The SMILES string of the molecule is O=C(Nc1ccc(C(=O)N2CCCC(c3nc4ccccc4s3)C2)cc1)c1cccs1. The van der Waals surface area contributed by atoms with Crippen molar-refractivity contribution in [2.75, 3.05) is 18.4 Å². The van der Waals surface area contributed by atoms with Crippen molar-refractivity contribution in [2.45, 2.75) is 18.8 Å². The van der Waals surface area contributed by atoms with Gasteiger partial charge in [0.25, 0.3) is 11.8 Å². The zero-order chi connectivity index (χ0) is 21.2. The molecule has 3 heterocycles. The Kier molecular flexibility index (Phi) is 5.53. The molecule has 1 unspecified atom stereocenters. The summed E-state index contributed by atoms with van der Waals surface area (Å²) in [6.07, 6.45) is 2.03. The molecular formula is C24H21N3O2S2. The number of amides is 2. The highest BCUT2D eigenvalue weighted by atomic mass is 32.1. The zero-order valence-electron chi connectivity index (χ0n) is 16.8. The van der Waals surface area contributed by atoms with Gasteiger partial charge < -0.3 is 10.2 Å². The Bertz CT molecular complexity index is 1180. The third-order valence-electron chi connectivity index (χ3n) is 5.50. The van der Waals surface area contributed by atoms with Crippen molar-refractivity contribution in [3.63, 3.8) is 0 Å². The molecule has 1 aliphatic heterocycles. The Morgan fingerprint density at radius 3 is 2.65 bits per heavy atom. The number of likely N-dealkylation sites (tertiary alicyclic amines) is 1. The lowest BCUT2D eigenvalue weighted by Gasteiger charge is -2.32. The number of hydrogen-bond donors (Lipinski definition) is 1. The fourth-order valence-corrected chi connectivity index (χ4v) is 5.62. The molecule has 2 aromatic heterocycles. The smallest absolute Gasteiger partial charge is 0.265 e. The Morgan fingerprint density at radius 2 is 1.87 bits per heavy atom. The van der Waals surface area contributed by atoms with Gasteiger partial charge in [0.1, 0.15) is 0 Å². The summed E-state index contributed by atoms with van der Waals surface area (Å²) in [7, 11) is 0. The molecule has 156 valence electrons. The van der Waals surface area contributed by atoms with E-state index >= 15 is 0 Å². The van der Waals surface area contributed by atoms with Crippen molar-refractivity contribution in [2.24, 2.45) is 0 Å². The fraction of sp³-hybridized carbons (Fsp3) is 0.208. The lowest BCUT2D eigenvalue weighted by atomic mass is 9.98. The molecule has 5 nitrogen and oxygen atoms in total. The number of aromatic nitrogens is 1. The number of thiazole rings is 1. The van der Waals surface area contributed by atoms with Gasteiger partial charge in [0.2, 0.25) is 0 Å². The maximum absolute atomic E-state index is 13.1. The first-order chi connectivity index (χ1) is 15.2. The Morgan fingerprint density at radius 1 is 1.03 bits per heavy atom. The summed E-state index contributed by atoms with van der Waals surface area (Å²) in [5, 5.41) is 5.86. The van der Waals surface area contributed by atoms with Crippen LogP contribution in [0.4, 0.5) is 5.69 Å². The summed E-state index contributed by atoms with van der Waals surface area (Å²) in [5.74, 6) is 0.171. The van der Waals surface area contributed by atoms with Crippen molar-refractivity contribution in [3.8, 4) is 0 Å². The molecule has 1 saturated heterocycles. The number of nitrogens with zero attached hydrogens (tertiary/aromatic N) is 2. The first-order valence-electron chi connectivity index (χ1n) is 10.3. The molecule has 1 fully saturated rings. The summed E-state index contributed by atoms with van der Waals surface area (Å²) < 4.78 is 1.20. The molecule has 0 saturated carbocycles. The molecule has 1 atom stereocenters. The average Bonchev–Trinajstić information content (AvgIpc) is 3.49. The van der Waals surface area contributed by atoms with Gasteiger partial charge in [-0.05, 0) is 60.7 Å². The van der Waals surface area contributed by atoms with Crippen LogP contribution in [0.15, 0.2) is 66.0 Å². The largest absolute Gasteiger partial charge is 0.338 e. The normalized spacial score (nSPS) is 16.4. The fourth-order valence-electron chi connectivity index (χ4n) is 3.91. The predicted octanol–water partition coefficient (Wildman–Crippen LogP) is 5.63. The molecule has 5 rings (SSSR count). The standard InChI is InChI=1S/C24H21N3O2S2/c28-22(21-8-4-14-30-21)25-18-11-9-16(10-12-18)24(29)27-13-3-5-17(15-27)23-26-19-6-1-2-7-20(19)31-23/h1-2,4,6-12,14,17H,3,5,13,15H2,(H,25,28). The van der Waals surface area contributed by atoms with Gasteiger partial charge in [-0.3, -0.25) is 9.59 Å². The Balaban J connectivity index is 1.26. The van der Waals surface area contributed by atoms with Crippen LogP contribution in [-0.4, -0.2) is 34.8 Å². The molecule has 0 bridgehead atoms. The first-order valence-corrected chi connectivity index (χ1v) is 12.0. The minimum Gasteiger partial charge on any atom is -0.338 e. The van der Waals surface area contributed by atoms with Crippen LogP contribution in [0.5, 0.6) is 0 Å². The van der Waals surface area contributed by atoms with Gasteiger partial charge in [0, 0.05) is 30.3 Å². The van der Waals surface area contributed by atoms with E-state index in [1.165, 1.54) is 16.0 Å². The van der Waals surface area contributed by atoms with Crippen LogP contribution in [0.3, 0.4) is 0 Å². The number of rotatable bonds is 4. The van der Waals surface area contributed by atoms with Gasteiger partial charge in [-0.15, -0.1) is 22.7 Å². The van der Waals surface area contributed by atoms with E-state index in [2.05, 4.69) is 11.4 Å². The second-order valence-electron chi connectivity index (χ2n) is 7.62. The molecule has 1 aliphatic rings. The van der Waals surface area contributed by atoms with E-state index in [-0.39, 0.29) is 17.7 Å². The molecule has 7 heteroatoms. The summed E-state index contributed by atoms with van der Waals surface area (Å²) in [5.41, 5.74) is 2.35. The number of hydrogen-bond acceptors (Lipinski definition) is 5. The van der Waals surface area contributed by atoms with E-state index in [0.29, 0.717) is 22.7 Å². The van der Waals surface area contributed by atoms with Crippen LogP contribution >= 0.6 is 22.7 Å². The van der Waals surface area contributed by atoms with Crippen LogP contribution in [-0.2, 0) is 0 Å². The molecule has 1 N–H and O–H groups in total. The number of thiophene rings is 1. The molecule has 2 aromatic carbocycles. The minimum absolute atomic E-state index is 0.0296. The number of piperidine rings is 1. The minimum atomic E-state index is -0.135. The molecule has 2 amide bonds. The van der Waals surface area contributed by atoms with Crippen LogP contribution in [0, 0.1) is 0 Å². The summed E-state index contributed by atoms with van der Waals surface area (Å²) in [4.78, 5) is 32.7. The van der Waals surface area contributed by atoms with Gasteiger partial charge in [-0.1, -0.05) is 18.2 Å². The van der Waals surface area contributed by atoms with Crippen molar-refractivity contribution in [1.29, 1.82) is 0 Å². The van der Waals surface area contributed by atoms with Crippen molar-refractivity contribution < 1.29 is 9.59 Å². The number of carbonyl (C=O) groups is 2. The molecule has 0 aliphatic carbocycles. The number of para-hydroxylation sites is 1. The highest BCUT2D eigenvalue weighted by Crippen LogP contribution is 2.33. The number of fused-ring (bicyclic) bond motifs is 1. The van der Waals surface area contributed by atoms with Gasteiger partial charge in [-0.2, -0.15) is 0 Å². The van der Waals surface area contributed by atoms with E-state index < -0.39 is 0 Å². The van der Waals surface area contributed by atoms with E-state index in [1.54, 1.807) is 41.7 Å². The van der Waals surface area contributed by atoms with Crippen molar-refractivity contribution >= 4 is 50.4 Å². The third-order valence-corrected chi connectivity index (χ3v) is 7.57. The Hall–Kier alpha value is -3.03. The number of anilines is 1. The van der Waals surface area contributed by atoms with Gasteiger partial charge in [0.15, 0.2) is 0 Å². The quantitative estimate of drug-likeness (QED) is 0.441. The van der Waals surface area contributed by atoms with Crippen molar-refractivity contribution in [3.05, 3.63) is 81.5 Å². The second-order valence-corrected chi connectivity index (χ2v) is 9.63. The van der Waals surface area contributed by atoms with Crippen molar-refractivity contribution in [1.82, 2.24) is 9.88 Å². The highest BCUT2D eigenvalue weighted by molar-refractivity contribution is 7.18. The lowest BCUT2D eigenvalue weighted by molar-refractivity contribution is 0.0707. The van der Waals surface area contributed by atoms with E-state index in [9.17, 15) is 9.59 Å². The number of carbonyl (C=O) groups excluding carboxylic acids is 2. The second kappa shape index (κ2) is 8.61. The first kappa shape index (κ1) is 19.9. The average molecular weight is 448 g/mol. The molecule has 0 radical (unpaired) electrons.